The summed E-state index contributed by atoms with van der Waals surface area (Å²) in [5.74, 6) is 0.651. The lowest BCUT2D eigenvalue weighted by molar-refractivity contribution is -0.122. The molecule has 0 saturated heterocycles. The lowest BCUT2D eigenvalue weighted by Gasteiger charge is -2.10. The summed E-state index contributed by atoms with van der Waals surface area (Å²) in [6.07, 6.45) is 11.8. The van der Waals surface area contributed by atoms with Crippen LogP contribution in [0.15, 0.2) is 0 Å². The Labute approximate surface area is 191 Å². The summed E-state index contributed by atoms with van der Waals surface area (Å²) >= 11 is 0. The van der Waals surface area contributed by atoms with E-state index in [2.05, 4.69) is 19.9 Å². The van der Waals surface area contributed by atoms with Gasteiger partial charge in [0, 0.05) is 38.6 Å². The van der Waals surface area contributed by atoms with Gasteiger partial charge < -0.3 is 14.4 Å². The van der Waals surface area contributed by atoms with Gasteiger partial charge in [-0.25, -0.2) is 0 Å². The molecule has 0 heterocycles. The lowest BCUT2D eigenvalue weighted by atomic mass is 10.0. The van der Waals surface area contributed by atoms with Crippen LogP contribution >= 0.6 is 0 Å². The molecule has 4 heteroatoms. The van der Waals surface area contributed by atoms with Crippen LogP contribution in [-0.2, 0) is 14.3 Å². The molecule has 0 aliphatic heterocycles. The summed E-state index contributed by atoms with van der Waals surface area (Å²) in [6.45, 7) is 23.8. The number of hydrogen-bond acceptors (Lipinski definition) is 4. The zero-order valence-corrected chi connectivity index (χ0v) is 22.6. The summed E-state index contributed by atoms with van der Waals surface area (Å²) in [4.78, 5) is 12.9. The molecule has 0 amide bonds. The molecule has 30 heavy (non-hydrogen) atoms. The first-order chi connectivity index (χ1) is 14.5. The Hall–Kier alpha value is -1.05. The van der Waals surface area contributed by atoms with Crippen LogP contribution in [0, 0.1) is 18.4 Å². The highest BCUT2D eigenvalue weighted by molar-refractivity contribution is 5.80. The first kappa shape index (κ1) is 39.4. The largest absolute Gasteiger partial charge is 0.379 e. The van der Waals surface area contributed by atoms with Crippen molar-refractivity contribution in [2.75, 3.05) is 40.0 Å². The van der Waals surface area contributed by atoms with Gasteiger partial charge in [0.2, 0.25) is 0 Å². The number of terminal acetylenes is 1. The van der Waals surface area contributed by atoms with Crippen LogP contribution in [0.4, 0.5) is 0 Å². The van der Waals surface area contributed by atoms with E-state index in [1.165, 1.54) is 19.3 Å². The third kappa shape index (κ3) is 45.6. The third-order valence-corrected chi connectivity index (χ3v) is 3.43. The first-order valence-corrected chi connectivity index (χ1v) is 12.3. The van der Waals surface area contributed by atoms with Gasteiger partial charge in [-0.3, -0.25) is 4.79 Å². The number of unbranched alkanes of at least 4 members (excludes halogenated alkanes) is 3. The van der Waals surface area contributed by atoms with Crippen LogP contribution in [0.1, 0.15) is 108 Å². The molecule has 0 aliphatic rings. The smallest absolute Gasteiger partial charge is 0.135 e. The lowest BCUT2D eigenvalue weighted by Crippen LogP contribution is -2.18. The minimum Gasteiger partial charge on any atom is -0.379 e. The van der Waals surface area contributed by atoms with Crippen LogP contribution in [0.25, 0.3) is 0 Å². The Kier molecular flexibility index (Phi) is 55.4. The van der Waals surface area contributed by atoms with E-state index in [-0.39, 0.29) is 5.92 Å². The molecule has 4 nitrogen and oxygen atoms in total. The number of likely N-dealkylation sites (N-methyl/N-ethyl adjacent to an activating group) is 1. The SMILES string of the molecule is C#CN(C)CCOCCOCCC.CC.CC.CC.CCCCCCC(=O)C(C)C. The maximum Gasteiger partial charge on any atom is 0.135 e. The minimum absolute atomic E-state index is 0.233. The number of hydrogen-bond donors (Lipinski definition) is 0. The van der Waals surface area contributed by atoms with Gasteiger partial charge in [0.15, 0.2) is 0 Å². The van der Waals surface area contributed by atoms with Crippen LogP contribution in [-0.4, -0.2) is 50.7 Å². The molecular weight excluding hydrogens is 374 g/mol. The molecule has 0 spiro atoms. The molecule has 0 aliphatic carbocycles. The number of carbonyl (C=O) groups excluding carboxylic acids is 1. The van der Waals surface area contributed by atoms with E-state index in [0.717, 1.165) is 32.4 Å². The minimum atomic E-state index is 0.233. The van der Waals surface area contributed by atoms with Crippen LogP contribution < -0.4 is 0 Å². The van der Waals surface area contributed by atoms with Crippen molar-refractivity contribution in [2.45, 2.75) is 108 Å². The maximum atomic E-state index is 11.1. The Bertz CT molecular complexity index is 312. The van der Waals surface area contributed by atoms with E-state index in [1.54, 1.807) is 4.90 Å². The van der Waals surface area contributed by atoms with Crippen molar-refractivity contribution in [1.29, 1.82) is 0 Å². The summed E-state index contributed by atoms with van der Waals surface area (Å²) in [5, 5.41) is 0. The van der Waals surface area contributed by atoms with Gasteiger partial charge in [-0.15, -0.1) is 0 Å². The predicted molar refractivity (Wildman–Crippen MR) is 136 cm³/mol. The van der Waals surface area contributed by atoms with Crippen LogP contribution in [0.5, 0.6) is 0 Å². The van der Waals surface area contributed by atoms with Crippen LogP contribution in [0.2, 0.25) is 0 Å². The summed E-state index contributed by atoms with van der Waals surface area (Å²) in [5.41, 5.74) is 0. The van der Waals surface area contributed by atoms with E-state index >= 15 is 0 Å². The fourth-order valence-electron chi connectivity index (χ4n) is 1.75. The molecule has 0 fully saturated rings. The Balaban J connectivity index is -0.000000112. The molecule has 0 bridgehead atoms. The fourth-order valence-corrected chi connectivity index (χ4v) is 1.75. The molecule has 0 saturated carbocycles. The fraction of sp³-hybridized carbons (Fsp3) is 0.885. The van der Waals surface area contributed by atoms with Crippen molar-refractivity contribution < 1.29 is 14.3 Å². The maximum absolute atomic E-state index is 11.1. The number of ketones is 1. The highest BCUT2D eigenvalue weighted by Crippen LogP contribution is 2.06. The Morgan fingerprint density at radius 2 is 1.33 bits per heavy atom. The second kappa shape index (κ2) is 42.1. The second-order valence-electron chi connectivity index (χ2n) is 6.21. The van der Waals surface area contributed by atoms with E-state index in [9.17, 15) is 4.79 Å². The number of rotatable bonds is 14. The molecule has 0 unspecified atom stereocenters. The van der Waals surface area contributed by atoms with Gasteiger partial charge in [0.1, 0.15) is 5.78 Å². The topological polar surface area (TPSA) is 38.8 Å². The highest BCUT2D eigenvalue weighted by atomic mass is 16.5. The quantitative estimate of drug-likeness (QED) is 0.165. The summed E-state index contributed by atoms with van der Waals surface area (Å²) < 4.78 is 10.5. The monoisotopic (exact) mass is 431 g/mol. The third-order valence-electron chi connectivity index (χ3n) is 3.43. The Morgan fingerprint density at radius 3 is 1.73 bits per heavy atom. The zero-order chi connectivity index (χ0) is 24.6. The van der Waals surface area contributed by atoms with E-state index in [1.807, 2.05) is 62.4 Å². The van der Waals surface area contributed by atoms with Gasteiger partial charge in [-0.2, -0.15) is 0 Å². The standard InChI is InChI=1S/C10H19NO2.C10H20O.3C2H6/c1-4-7-12-9-10-13-8-6-11(3)5-2;1-4-5-6-7-8-10(11)9(2)3;3*1-2/h2H,4,6-10H2,1,3H3;9H,4-8H2,1-3H3;3*1-2H3. The first-order valence-electron chi connectivity index (χ1n) is 12.3. The molecule has 0 atom stereocenters. The van der Waals surface area contributed by atoms with E-state index in [0.29, 0.717) is 25.6 Å². The Morgan fingerprint density at radius 1 is 0.833 bits per heavy atom. The van der Waals surface area contributed by atoms with Gasteiger partial charge >= 0.3 is 0 Å². The highest BCUT2D eigenvalue weighted by Gasteiger charge is 2.05. The number of carbonyl (C=O) groups is 1. The molecular formula is C26H57NO3. The molecule has 0 aromatic rings. The summed E-state index contributed by atoms with van der Waals surface area (Å²) in [7, 11) is 1.86. The second-order valence-corrected chi connectivity index (χ2v) is 6.21. The van der Waals surface area contributed by atoms with E-state index < -0.39 is 0 Å². The van der Waals surface area contributed by atoms with Crippen molar-refractivity contribution in [3.63, 3.8) is 0 Å². The van der Waals surface area contributed by atoms with Gasteiger partial charge in [-0.1, -0.05) is 94.9 Å². The van der Waals surface area contributed by atoms with E-state index in [4.69, 9.17) is 15.9 Å². The van der Waals surface area contributed by atoms with Crippen LogP contribution in [0.3, 0.4) is 0 Å². The molecule has 0 radical (unpaired) electrons. The summed E-state index contributed by atoms with van der Waals surface area (Å²) in [6, 6.07) is 2.50. The molecule has 0 aromatic heterocycles. The van der Waals surface area contributed by atoms with Gasteiger partial charge in [0.25, 0.3) is 0 Å². The average molecular weight is 432 g/mol. The van der Waals surface area contributed by atoms with Crippen molar-refractivity contribution in [3.05, 3.63) is 0 Å². The van der Waals surface area contributed by atoms with Crippen molar-refractivity contribution in [2.24, 2.45) is 5.92 Å². The van der Waals surface area contributed by atoms with Crippen molar-refractivity contribution in [3.8, 4) is 12.5 Å². The molecule has 0 N–H and O–H groups in total. The zero-order valence-electron chi connectivity index (χ0n) is 22.6. The number of Topliss-reactive ketones (excluding diaryl/α,β-unsaturated/α-hetero) is 1. The van der Waals surface area contributed by atoms with Crippen molar-refractivity contribution >= 4 is 5.78 Å². The molecule has 0 aromatic carbocycles. The van der Waals surface area contributed by atoms with Gasteiger partial charge in [-0.05, 0) is 12.8 Å². The predicted octanol–water partition coefficient (Wildman–Crippen LogP) is 7.21. The normalized spacial score (nSPS) is 8.63. The van der Waals surface area contributed by atoms with Crippen molar-refractivity contribution in [1.82, 2.24) is 4.90 Å². The number of ether oxygens (including phenoxy) is 2. The average Bonchev–Trinajstić information content (AvgIpc) is 2.80. The molecule has 184 valence electrons. The van der Waals surface area contributed by atoms with Gasteiger partial charge in [0.05, 0.1) is 19.8 Å². The molecule has 0 rings (SSSR count). The number of nitrogens with zero attached hydrogens (tertiary/aromatic N) is 1.